The molecule has 0 aromatic heterocycles. The maximum Gasteiger partial charge on any atom is 0.223 e. The first-order valence-electron chi connectivity index (χ1n) is 9.45. The van der Waals surface area contributed by atoms with Crippen LogP contribution in [0.4, 0.5) is 4.39 Å². The van der Waals surface area contributed by atoms with Gasteiger partial charge in [-0.15, -0.1) is 0 Å². The molecule has 4 bridgehead atoms. The second-order valence-electron chi connectivity index (χ2n) is 8.83. The SMILES string of the molecule is CC(c1ccc(F)cc1)N(C)C(=O)CC12CC3CC(CC(C3)C1)C2. The fraction of sp³-hybridized carbons (Fsp3) is 0.667. The molecule has 0 radical (unpaired) electrons. The van der Waals surface area contributed by atoms with E-state index in [2.05, 4.69) is 0 Å². The van der Waals surface area contributed by atoms with E-state index in [1.54, 1.807) is 12.1 Å². The van der Waals surface area contributed by atoms with Gasteiger partial charge in [-0.1, -0.05) is 12.1 Å². The highest BCUT2D eigenvalue weighted by Crippen LogP contribution is 2.61. The molecule has 1 atom stereocenters. The lowest BCUT2D eigenvalue weighted by Crippen LogP contribution is -2.48. The summed E-state index contributed by atoms with van der Waals surface area (Å²) >= 11 is 0. The van der Waals surface area contributed by atoms with Crippen LogP contribution in [-0.4, -0.2) is 17.9 Å². The maximum atomic E-state index is 13.1. The molecule has 0 spiro atoms. The first-order valence-corrected chi connectivity index (χ1v) is 9.45. The number of carbonyl (C=O) groups is 1. The normalized spacial score (nSPS) is 35.0. The molecule has 4 aliphatic carbocycles. The van der Waals surface area contributed by atoms with Gasteiger partial charge >= 0.3 is 0 Å². The molecule has 24 heavy (non-hydrogen) atoms. The third-order valence-electron chi connectivity index (χ3n) is 7.02. The highest BCUT2D eigenvalue weighted by atomic mass is 19.1. The molecule has 1 amide bonds. The maximum absolute atomic E-state index is 13.1. The van der Waals surface area contributed by atoms with E-state index in [1.165, 1.54) is 50.7 Å². The zero-order valence-electron chi connectivity index (χ0n) is 14.8. The van der Waals surface area contributed by atoms with Gasteiger partial charge in [-0.2, -0.15) is 0 Å². The first-order chi connectivity index (χ1) is 11.4. The van der Waals surface area contributed by atoms with Crippen molar-refractivity contribution >= 4 is 5.91 Å². The van der Waals surface area contributed by atoms with Crippen molar-refractivity contribution in [2.45, 2.75) is 57.9 Å². The van der Waals surface area contributed by atoms with Crippen molar-refractivity contribution in [3.63, 3.8) is 0 Å². The molecule has 0 aliphatic heterocycles. The van der Waals surface area contributed by atoms with E-state index in [4.69, 9.17) is 0 Å². The van der Waals surface area contributed by atoms with E-state index < -0.39 is 0 Å². The van der Waals surface area contributed by atoms with Gasteiger partial charge in [-0.25, -0.2) is 4.39 Å². The summed E-state index contributed by atoms with van der Waals surface area (Å²) in [7, 11) is 1.90. The molecule has 1 aromatic carbocycles. The minimum absolute atomic E-state index is 0.00740. The standard InChI is InChI=1S/C21H28FNO/c1-14(18-3-5-19(22)6-4-18)23(2)20(24)13-21-10-15-7-16(11-21)9-17(8-15)12-21/h3-6,14-17H,7-13H2,1-2H3. The van der Waals surface area contributed by atoms with Crippen molar-refractivity contribution in [2.75, 3.05) is 7.05 Å². The van der Waals surface area contributed by atoms with Gasteiger partial charge in [0.05, 0.1) is 6.04 Å². The number of halogens is 1. The predicted molar refractivity (Wildman–Crippen MR) is 92.8 cm³/mol. The Bertz CT molecular complexity index is 588. The van der Waals surface area contributed by atoms with Gasteiger partial charge in [0.2, 0.25) is 5.91 Å². The Kier molecular flexibility index (Phi) is 3.93. The van der Waals surface area contributed by atoms with Gasteiger partial charge in [-0.05, 0) is 86.3 Å². The lowest BCUT2D eigenvalue weighted by atomic mass is 9.49. The molecule has 1 aromatic rings. The van der Waals surface area contributed by atoms with E-state index >= 15 is 0 Å². The molecular weight excluding hydrogens is 301 g/mol. The molecule has 4 aliphatic rings. The molecule has 4 fully saturated rings. The summed E-state index contributed by atoms with van der Waals surface area (Å²) in [5, 5.41) is 0. The number of nitrogens with zero attached hydrogens (tertiary/aromatic N) is 1. The van der Waals surface area contributed by atoms with Crippen LogP contribution >= 0.6 is 0 Å². The molecule has 0 N–H and O–H groups in total. The second-order valence-corrected chi connectivity index (χ2v) is 8.83. The smallest absolute Gasteiger partial charge is 0.223 e. The molecule has 0 heterocycles. The Hall–Kier alpha value is -1.38. The lowest BCUT2D eigenvalue weighted by Gasteiger charge is -2.57. The second kappa shape index (κ2) is 5.86. The Morgan fingerprint density at radius 3 is 2.12 bits per heavy atom. The lowest BCUT2D eigenvalue weighted by molar-refractivity contribution is -0.140. The number of hydrogen-bond acceptors (Lipinski definition) is 1. The number of hydrogen-bond donors (Lipinski definition) is 0. The summed E-state index contributed by atoms with van der Waals surface area (Å²) in [6.45, 7) is 2.03. The van der Waals surface area contributed by atoms with E-state index in [0.29, 0.717) is 6.42 Å². The zero-order valence-corrected chi connectivity index (χ0v) is 14.8. The van der Waals surface area contributed by atoms with Crippen LogP contribution in [0.1, 0.15) is 63.5 Å². The first kappa shape index (κ1) is 16.1. The molecule has 4 saturated carbocycles. The fourth-order valence-corrected chi connectivity index (χ4v) is 6.13. The highest BCUT2D eigenvalue weighted by molar-refractivity contribution is 5.77. The molecular formula is C21H28FNO. The quantitative estimate of drug-likeness (QED) is 0.765. The van der Waals surface area contributed by atoms with Gasteiger partial charge in [0.25, 0.3) is 0 Å². The van der Waals surface area contributed by atoms with Gasteiger partial charge < -0.3 is 4.90 Å². The van der Waals surface area contributed by atoms with E-state index in [-0.39, 0.29) is 23.2 Å². The van der Waals surface area contributed by atoms with Crippen molar-refractivity contribution in [1.82, 2.24) is 4.90 Å². The minimum Gasteiger partial charge on any atom is -0.339 e. The van der Waals surface area contributed by atoms with Crippen LogP contribution in [-0.2, 0) is 4.79 Å². The van der Waals surface area contributed by atoms with E-state index in [1.807, 2.05) is 18.9 Å². The zero-order chi connectivity index (χ0) is 16.9. The van der Waals surface area contributed by atoms with Crippen LogP contribution in [0.2, 0.25) is 0 Å². The van der Waals surface area contributed by atoms with Crippen molar-refractivity contribution in [1.29, 1.82) is 0 Å². The Labute approximate surface area is 144 Å². The molecule has 5 rings (SSSR count). The Balaban J connectivity index is 1.45. The topological polar surface area (TPSA) is 20.3 Å². The third-order valence-corrected chi connectivity index (χ3v) is 7.02. The van der Waals surface area contributed by atoms with Crippen LogP contribution in [0.15, 0.2) is 24.3 Å². The van der Waals surface area contributed by atoms with E-state index in [9.17, 15) is 9.18 Å². The summed E-state index contributed by atoms with van der Waals surface area (Å²) in [5.74, 6) is 2.67. The average molecular weight is 329 g/mol. The Morgan fingerprint density at radius 1 is 1.12 bits per heavy atom. The van der Waals surface area contributed by atoms with Crippen molar-refractivity contribution in [3.05, 3.63) is 35.6 Å². The van der Waals surface area contributed by atoms with E-state index in [0.717, 1.165) is 23.3 Å². The van der Waals surface area contributed by atoms with Gasteiger partial charge in [-0.3, -0.25) is 4.79 Å². The van der Waals surface area contributed by atoms with Crippen LogP contribution in [0, 0.1) is 29.0 Å². The number of carbonyl (C=O) groups excluding carboxylic acids is 1. The monoisotopic (exact) mass is 329 g/mol. The average Bonchev–Trinajstić information content (AvgIpc) is 2.52. The number of benzene rings is 1. The summed E-state index contributed by atoms with van der Waals surface area (Å²) < 4.78 is 13.1. The highest BCUT2D eigenvalue weighted by Gasteiger charge is 2.51. The van der Waals surface area contributed by atoms with Gasteiger partial charge in [0.15, 0.2) is 0 Å². The van der Waals surface area contributed by atoms with Crippen LogP contribution in [0.25, 0.3) is 0 Å². The minimum atomic E-state index is -0.228. The van der Waals surface area contributed by atoms with Gasteiger partial charge in [0, 0.05) is 13.5 Å². The summed E-state index contributed by atoms with van der Waals surface area (Å²) in [4.78, 5) is 14.8. The molecule has 130 valence electrons. The summed E-state index contributed by atoms with van der Waals surface area (Å²) in [6, 6.07) is 6.52. The molecule has 0 saturated heterocycles. The van der Waals surface area contributed by atoms with Crippen LogP contribution in [0.5, 0.6) is 0 Å². The number of rotatable bonds is 4. The van der Waals surface area contributed by atoms with Crippen molar-refractivity contribution in [3.8, 4) is 0 Å². The molecule has 2 nitrogen and oxygen atoms in total. The molecule has 1 unspecified atom stereocenters. The third kappa shape index (κ3) is 2.87. The Morgan fingerprint density at radius 2 is 1.62 bits per heavy atom. The molecule has 3 heteroatoms. The largest absolute Gasteiger partial charge is 0.339 e. The van der Waals surface area contributed by atoms with Gasteiger partial charge in [0.1, 0.15) is 5.82 Å². The van der Waals surface area contributed by atoms with Crippen molar-refractivity contribution in [2.24, 2.45) is 23.2 Å². The van der Waals surface area contributed by atoms with Crippen molar-refractivity contribution < 1.29 is 9.18 Å². The summed E-state index contributed by atoms with van der Waals surface area (Å²) in [5.41, 5.74) is 1.28. The number of amides is 1. The van der Waals surface area contributed by atoms with Crippen LogP contribution in [0.3, 0.4) is 0 Å². The van der Waals surface area contributed by atoms with Crippen LogP contribution < -0.4 is 0 Å². The summed E-state index contributed by atoms with van der Waals surface area (Å²) in [6.07, 6.45) is 8.74. The predicted octanol–water partition coefficient (Wildman–Crippen LogP) is 4.95. The fourth-order valence-electron chi connectivity index (χ4n) is 6.13.